The van der Waals surface area contributed by atoms with Gasteiger partial charge in [0.1, 0.15) is 0 Å². The first-order chi connectivity index (χ1) is 7.66. The Balaban J connectivity index is 3.14. The summed E-state index contributed by atoms with van der Waals surface area (Å²) in [5.41, 5.74) is 0. The van der Waals surface area contributed by atoms with E-state index in [0.717, 1.165) is 5.92 Å². The molecule has 0 radical (unpaired) electrons. The first kappa shape index (κ1) is 16.0. The van der Waals surface area contributed by atoms with E-state index in [1.165, 1.54) is 57.9 Å². The average Bonchev–Trinajstić information content (AvgIpc) is 2.22. The van der Waals surface area contributed by atoms with Gasteiger partial charge in [-0.1, -0.05) is 72.6 Å². The van der Waals surface area contributed by atoms with E-state index in [1.54, 1.807) is 0 Å². The van der Waals surface area contributed by atoms with Gasteiger partial charge in [0.15, 0.2) is 0 Å². The van der Waals surface area contributed by atoms with Gasteiger partial charge < -0.3 is 5.32 Å². The van der Waals surface area contributed by atoms with E-state index >= 15 is 0 Å². The zero-order valence-corrected chi connectivity index (χ0v) is 12.0. The third kappa shape index (κ3) is 12.0. The molecular formula is C15H33N. The van der Waals surface area contributed by atoms with Crippen molar-refractivity contribution >= 4 is 0 Å². The molecule has 0 rings (SSSR count). The molecule has 0 spiro atoms. The Hall–Kier alpha value is -0.0400. The van der Waals surface area contributed by atoms with E-state index in [-0.39, 0.29) is 0 Å². The van der Waals surface area contributed by atoms with Crippen molar-refractivity contribution in [2.75, 3.05) is 6.54 Å². The molecule has 0 saturated carbocycles. The van der Waals surface area contributed by atoms with Crippen LogP contribution in [0.15, 0.2) is 0 Å². The molecule has 0 aromatic carbocycles. The number of rotatable bonds is 11. The Kier molecular flexibility index (Phi) is 11.4. The van der Waals surface area contributed by atoms with Crippen molar-refractivity contribution in [3.63, 3.8) is 0 Å². The van der Waals surface area contributed by atoms with Crippen molar-refractivity contribution in [1.82, 2.24) is 5.32 Å². The minimum atomic E-state index is 0.640. The van der Waals surface area contributed by atoms with Crippen LogP contribution < -0.4 is 5.32 Å². The smallest absolute Gasteiger partial charge is 0.00103 e. The van der Waals surface area contributed by atoms with E-state index in [4.69, 9.17) is 0 Å². The maximum Gasteiger partial charge on any atom is 0.00103 e. The molecule has 1 unspecified atom stereocenters. The molecule has 0 aromatic heterocycles. The van der Waals surface area contributed by atoms with Crippen LogP contribution in [0.1, 0.15) is 79.1 Å². The molecule has 0 aliphatic rings. The van der Waals surface area contributed by atoms with Gasteiger partial charge in [-0.15, -0.1) is 0 Å². The predicted octanol–water partition coefficient (Wildman–Crippen LogP) is 4.76. The molecule has 1 heteroatoms. The number of unbranched alkanes of at least 4 members (excludes halogenated alkanes) is 5. The van der Waals surface area contributed by atoms with E-state index in [0.29, 0.717) is 6.04 Å². The van der Waals surface area contributed by atoms with E-state index in [1.807, 2.05) is 0 Å². The van der Waals surface area contributed by atoms with Gasteiger partial charge in [-0.05, 0) is 18.9 Å². The van der Waals surface area contributed by atoms with Crippen LogP contribution in [0.25, 0.3) is 0 Å². The van der Waals surface area contributed by atoms with Crippen molar-refractivity contribution in [3.8, 4) is 0 Å². The fourth-order valence-electron chi connectivity index (χ4n) is 2.04. The molecule has 0 aliphatic heterocycles. The second-order valence-electron chi connectivity index (χ2n) is 5.56. The third-order valence-electron chi connectivity index (χ3n) is 3.24. The summed E-state index contributed by atoms with van der Waals surface area (Å²) in [6, 6.07) is 0.640. The Morgan fingerprint density at radius 3 is 2.06 bits per heavy atom. The zero-order valence-electron chi connectivity index (χ0n) is 12.0. The first-order valence-corrected chi connectivity index (χ1v) is 7.40. The van der Waals surface area contributed by atoms with Crippen molar-refractivity contribution < 1.29 is 0 Å². The van der Waals surface area contributed by atoms with Gasteiger partial charge in [0.2, 0.25) is 0 Å². The van der Waals surface area contributed by atoms with Gasteiger partial charge >= 0.3 is 0 Å². The number of hydrogen-bond acceptors (Lipinski definition) is 1. The Labute approximate surface area is 103 Å². The summed E-state index contributed by atoms with van der Waals surface area (Å²) in [6.45, 7) is 10.3. The molecule has 16 heavy (non-hydrogen) atoms. The lowest BCUT2D eigenvalue weighted by Gasteiger charge is -2.13. The summed E-state index contributed by atoms with van der Waals surface area (Å²) < 4.78 is 0. The third-order valence-corrected chi connectivity index (χ3v) is 3.24. The Morgan fingerprint density at radius 1 is 0.812 bits per heavy atom. The van der Waals surface area contributed by atoms with Gasteiger partial charge in [-0.25, -0.2) is 0 Å². The summed E-state index contributed by atoms with van der Waals surface area (Å²) in [4.78, 5) is 0. The second kappa shape index (κ2) is 11.4. The molecular weight excluding hydrogens is 194 g/mol. The quantitative estimate of drug-likeness (QED) is 0.502. The highest BCUT2D eigenvalue weighted by molar-refractivity contribution is 4.59. The predicted molar refractivity (Wildman–Crippen MR) is 74.9 cm³/mol. The summed E-state index contributed by atoms with van der Waals surface area (Å²) in [5, 5.41) is 3.49. The van der Waals surface area contributed by atoms with Crippen LogP contribution in [0.5, 0.6) is 0 Å². The fourth-order valence-corrected chi connectivity index (χ4v) is 2.04. The van der Waals surface area contributed by atoms with Gasteiger partial charge in [0.05, 0.1) is 0 Å². The Bertz CT molecular complexity index is 131. The highest BCUT2D eigenvalue weighted by Gasteiger charge is 2.02. The van der Waals surface area contributed by atoms with Gasteiger partial charge in [0.25, 0.3) is 0 Å². The second-order valence-corrected chi connectivity index (χ2v) is 5.56. The maximum atomic E-state index is 3.49. The standard InChI is InChI=1S/C15H33N/c1-5-6-7-8-9-10-11-15(4)12-13-16-14(2)3/h14-16H,5-13H2,1-4H3. The lowest BCUT2D eigenvalue weighted by atomic mass is 9.99. The van der Waals surface area contributed by atoms with Gasteiger partial charge in [-0.3, -0.25) is 0 Å². The van der Waals surface area contributed by atoms with Crippen LogP contribution >= 0.6 is 0 Å². The lowest BCUT2D eigenvalue weighted by molar-refractivity contribution is 0.431. The molecule has 1 nitrogen and oxygen atoms in total. The van der Waals surface area contributed by atoms with Gasteiger partial charge in [-0.2, -0.15) is 0 Å². The summed E-state index contributed by atoms with van der Waals surface area (Å²) in [7, 11) is 0. The topological polar surface area (TPSA) is 12.0 Å². The van der Waals surface area contributed by atoms with Crippen molar-refractivity contribution in [2.45, 2.75) is 85.1 Å². The van der Waals surface area contributed by atoms with Crippen molar-refractivity contribution in [1.29, 1.82) is 0 Å². The monoisotopic (exact) mass is 227 g/mol. The van der Waals surface area contributed by atoms with Crippen LogP contribution in [0.4, 0.5) is 0 Å². The molecule has 0 amide bonds. The van der Waals surface area contributed by atoms with Crippen LogP contribution in [0.2, 0.25) is 0 Å². The van der Waals surface area contributed by atoms with Crippen LogP contribution in [-0.2, 0) is 0 Å². The average molecular weight is 227 g/mol. The summed E-state index contributed by atoms with van der Waals surface area (Å²) >= 11 is 0. The molecule has 1 N–H and O–H groups in total. The summed E-state index contributed by atoms with van der Waals surface area (Å²) in [5.74, 6) is 0.900. The van der Waals surface area contributed by atoms with Crippen molar-refractivity contribution in [3.05, 3.63) is 0 Å². The molecule has 1 atom stereocenters. The van der Waals surface area contributed by atoms with E-state index in [2.05, 4.69) is 33.0 Å². The molecule has 0 saturated heterocycles. The van der Waals surface area contributed by atoms with Crippen molar-refractivity contribution in [2.24, 2.45) is 5.92 Å². The van der Waals surface area contributed by atoms with Crippen LogP contribution in [-0.4, -0.2) is 12.6 Å². The van der Waals surface area contributed by atoms with Gasteiger partial charge in [0, 0.05) is 6.04 Å². The highest BCUT2D eigenvalue weighted by atomic mass is 14.9. The van der Waals surface area contributed by atoms with E-state index < -0.39 is 0 Å². The zero-order chi connectivity index (χ0) is 12.2. The SMILES string of the molecule is CCCCCCCCC(C)CCNC(C)C. The molecule has 0 heterocycles. The minimum absolute atomic E-state index is 0.640. The lowest BCUT2D eigenvalue weighted by Crippen LogP contribution is -2.24. The fraction of sp³-hybridized carbons (Fsp3) is 1.00. The molecule has 0 aromatic rings. The van der Waals surface area contributed by atoms with Crippen LogP contribution in [0.3, 0.4) is 0 Å². The van der Waals surface area contributed by atoms with E-state index in [9.17, 15) is 0 Å². The molecule has 0 fully saturated rings. The summed E-state index contributed by atoms with van der Waals surface area (Å²) in [6.07, 6.45) is 11.3. The maximum absolute atomic E-state index is 3.49. The number of hydrogen-bond donors (Lipinski definition) is 1. The number of nitrogens with one attached hydrogen (secondary N) is 1. The minimum Gasteiger partial charge on any atom is -0.315 e. The normalized spacial score (nSPS) is 13.3. The highest BCUT2D eigenvalue weighted by Crippen LogP contribution is 2.14. The molecule has 0 aliphatic carbocycles. The van der Waals surface area contributed by atoms with Crippen LogP contribution in [0, 0.1) is 5.92 Å². The molecule has 0 bridgehead atoms. The first-order valence-electron chi connectivity index (χ1n) is 7.40. The molecule has 98 valence electrons. The Morgan fingerprint density at radius 2 is 1.44 bits per heavy atom. The largest absolute Gasteiger partial charge is 0.315 e.